The van der Waals surface area contributed by atoms with Crippen LogP contribution < -0.4 is 5.32 Å². The minimum absolute atomic E-state index is 0.0318. The summed E-state index contributed by atoms with van der Waals surface area (Å²) < 4.78 is 0. The molecular weight excluding hydrogens is 220 g/mol. The maximum Gasteiger partial charge on any atom is 0.305 e. The van der Waals surface area contributed by atoms with Crippen molar-refractivity contribution in [1.29, 1.82) is 0 Å². The van der Waals surface area contributed by atoms with Gasteiger partial charge in [-0.15, -0.1) is 0 Å². The Kier molecular flexibility index (Phi) is 3.66. The van der Waals surface area contributed by atoms with E-state index in [1.54, 1.807) is 4.90 Å². The summed E-state index contributed by atoms with van der Waals surface area (Å²) in [5, 5.41) is 12.0. The number of carboxylic acids is 1. The number of carbonyl (C=O) groups is 2. The van der Waals surface area contributed by atoms with Gasteiger partial charge in [-0.05, 0) is 32.7 Å². The normalized spacial score (nSPS) is 28.1. The third kappa shape index (κ3) is 2.97. The molecule has 0 aromatic carbocycles. The van der Waals surface area contributed by atoms with Crippen LogP contribution in [0.1, 0.15) is 32.6 Å². The number of carbonyl (C=O) groups excluding carboxylic acids is 1. The van der Waals surface area contributed by atoms with Crippen molar-refractivity contribution in [3.8, 4) is 0 Å². The molecule has 0 bridgehead atoms. The van der Waals surface area contributed by atoms with Crippen molar-refractivity contribution < 1.29 is 14.7 Å². The standard InChI is InChI=1S/C12H20N2O3/c1-8-10(4-6-13-8)12(17)14(9-2-3-9)7-5-11(15)16/h8-10,13H,2-7H2,1H3,(H,15,16). The smallest absolute Gasteiger partial charge is 0.305 e. The first-order valence-electron chi connectivity index (χ1n) is 6.35. The first kappa shape index (κ1) is 12.4. The van der Waals surface area contributed by atoms with E-state index in [1.807, 2.05) is 6.92 Å². The van der Waals surface area contributed by atoms with E-state index in [4.69, 9.17) is 5.11 Å². The molecule has 5 nitrogen and oxygen atoms in total. The van der Waals surface area contributed by atoms with Gasteiger partial charge in [-0.2, -0.15) is 0 Å². The zero-order valence-corrected chi connectivity index (χ0v) is 10.2. The second-order valence-corrected chi connectivity index (χ2v) is 5.04. The zero-order valence-electron chi connectivity index (χ0n) is 10.2. The first-order chi connectivity index (χ1) is 8.09. The second-order valence-electron chi connectivity index (χ2n) is 5.04. The fraction of sp³-hybridized carbons (Fsp3) is 0.833. The third-order valence-electron chi connectivity index (χ3n) is 3.68. The third-order valence-corrected chi connectivity index (χ3v) is 3.68. The predicted octanol–water partition coefficient (Wildman–Crippen LogP) is 0.450. The lowest BCUT2D eigenvalue weighted by Crippen LogP contribution is -2.42. The van der Waals surface area contributed by atoms with Gasteiger partial charge in [0.15, 0.2) is 0 Å². The molecule has 1 aliphatic heterocycles. The van der Waals surface area contributed by atoms with Gasteiger partial charge in [0.25, 0.3) is 0 Å². The van der Waals surface area contributed by atoms with Crippen molar-refractivity contribution in [3.63, 3.8) is 0 Å². The lowest BCUT2D eigenvalue weighted by molar-refractivity contribution is -0.140. The van der Waals surface area contributed by atoms with Gasteiger partial charge in [0, 0.05) is 18.6 Å². The number of nitrogens with one attached hydrogen (secondary N) is 1. The Balaban J connectivity index is 1.95. The summed E-state index contributed by atoms with van der Waals surface area (Å²) in [6, 6.07) is 0.517. The molecule has 5 heteroatoms. The lowest BCUT2D eigenvalue weighted by Gasteiger charge is -2.26. The second kappa shape index (κ2) is 5.04. The van der Waals surface area contributed by atoms with E-state index in [9.17, 15) is 9.59 Å². The van der Waals surface area contributed by atoms with Crippen LogP contribution in [0.3, 0.4) is 0 Å². The van der Waals surface area contributed by atoms with Crippen LogP contribution in [0.25, 0.3) is 0 Å². The van der Waals surface area contributed by atoms with Crippen molar-refractivity contribution in [3.05, 3.63) is 0 Å². The van der Waals surface area contributed by atoms with Gasteiger partial charge in [0.05, 0.1) is 12.3 Å². The minimum atomic E-state index is -0.832. The molecule has 1 heterocycles. The van der Waals surface area contributed by atoms with Gasteiger partial charge >= 0.3 is 5.97 Å². The van der Waals surface area contributed by atoms with Crippen LogP contribution in [0.15, 0.2) is 0 Å². The van der Waals surface area contributed by atoms with Crippen LogP contribution >= 0.6 is 0 Å². The van der Waals surface area contributed by atoms with Crippen molar-refractivity contribution in [2.45, 2.75) is 44.7 Å². The van der Waals surface area contributed by atoms with Gasteiger partial charge in [0.1, 0.15) is 0 Å². The molecule has 2 unspecified atom stereocenters. The van der Waals surface area contributed by atoms with Crippen molar-refractivity contribution in [2.24, 2.45) is 5.92 Å². The maximum atomic E-state index is 12.3. The number of aliphatic carboxylic acids is 1. The fourth-order valence-corrected chi connectivity index (χ4v) is 2.48. The van der Waals surface area contributed by atoms with Crippen LogP contribution in [0.2, 0.25) is 0 Å². The van der Waals surface area contributed by atoms with Crippen molar-refractivity contribution in [2.75, 3.05) is 13.1 Å². The molecule has 2 fully saturated rings. The van der Waals surface area contributed by atoms with E-state index >= 15 is 0 Å². The molecule has 1 saturated carbocycles. The molecule has 2 N–H and O–H groups in total. The average molecular weight is 240 g/mol. The summed E-state index contributed by atoms with van der Waals surface area (Å²) in [4.78, 5) is 24.7. The Morgan fingerprint density at radius 2 is 2.06 bits per heavy atom. The van der Waals surface area contributed by atoms with Gasteiger partial charge in [-0.3, -0.25) is 9.59 Å². The highest BCUT2D eigenvalue weighted by atomic mass is 16.4. The molecule has 96 valence electrons. The van der Waals surface area contributed by atoms with Crippen molar-refractivity contribution in [1.82, 2.24) is 10.2 Å². The Morgan fingerprint density at radius 3 is 2.53 bits per heavy atom. The quantitative estimate of drug-likeness (QED) is 0.732. The molecule has 17 heavy (non-hydrogen) atoms. The number of rotatable bonds is 5. The van der Waals surface area contributed by atoms with E-state index in [2.05, 4.69) is 5.32 Å². The number of carboxylic acid groups (broad SMARTS) is 1. The lowest BCUT2D eigenvalue weighted by atomic mass is 10.00. The predicted molar refractivity (Wildman–Crippen MR) is 62.6 cm³/mol. The molecule has 1 amide bonds. The zero-order chi connectivity index (χ0) is 12.4. The Bertz CT molecular complexity index is 315. The minimum Gasteiger partial charge on any atom is -0.481 e. The largest absolute Gasteiger partial charge is 0.481 e. The first-order valence-corrected chi connectivity index (χ1v) is 6.35. The molecule has 2 aliphatic rings. The Hall–Kier alpha value is -1.10. The number of nitrogens with zero attached hydrogens (tertiary/aromatic N) is 1. The molecule has 0 spiro atoms. The molecule has 2 atom stereocenters. The van der Waals surface area contributed by atoms with E-state index in [-0.39, 0.29) is 24.3 Å². The summed E-state index contributed by atoms with van der Waals surface area (Å²) in [5.74, 6) is -0.656. The van der Waals surface area contributed by atoms with E-state index in [0.29, 0.717) is 12.6 Å². The number of hydrogen-bond donors (Lipinski definition) is 2. The van der Waals surface area contributed by atoms with Gasteiger partial charge in [0.2, 0.25) is 5.91 Å². The number of amides is 1. The topological polar surface area (TPSA) is 69.6 Å². The van der Waals surface area contributed by atoms with Crippen LogP contribution in [0, 0.1) is 5.92 Å². The SMILES string of the molecule is CC1NCCC1C(=O)N(CCC(=O)O)C1CC1. The van der Waals surface area contributed by atoms with Crippen LogP contribution in [-0.2, 0) is 9.59 Å². The molecule has 0 aromatic heterocycles. The summed E-state index contributed by atoms with van der Waals surface area (Å²) in [6.45, 7) is 3.27. The maximum absolute atomic E-state index is 12.3. The van der Waals surface area contributed by atoms with E-state index < -0.39 is 5.97 Å². The van der Waals surface area contributed by atoms with Gasteiger partial charge in [-0.1, -0.05) is 0 Å². The monoisotopic (exact) mass is 240 g/mol. The average Bonchev–Trinajstić information content (AvgIpc) is 3.00. The van der Waals surface area contributed by atoms with Crippen LogP contribution in [-0.4, -0.2) is 47.1 Å². The summed E-state index contributed by atoms with van der Waals surface area (Å²) in [6.07, 6.45) is 2.98. The fourth-order valence-electron chi connectivity index (χ4n) is 2.48. The Labute approximate surface area is 101 Å². The van der Waals surface area contributed by atoms with Gasteiger partial charge < -0.3 is 15.3 Å². The molecular formula is C12H20N2O3. The molecule has 2 rings (SSSR count). The molecule has 0 radical (unpaired) electrons. The van der Waals surface area contributed by atoms with Crippen molar-refractivity contribution >= 4 is 11.9 Å². The highest BCUT2D eigenvalue weighted by Gasteiger charge is 2.39. The molecule has 1 aliphatic carbocycles. The highest BCUT2D eigenvalue weighted by Crippen LogP contribution is 2.30. The van der Waals surface area contributed by atoms with Gasteiger partial charge in [-0.25, -0.2) is 0 Å². The molecule has 1 saturated heterocycles. The van der Waals surface area contributed by atoms with Crippen LogP contribution in [0.5, 0.6) is 0 Å². The van der Waals surface area contributed by atoms with Crippen LogP contribution in [0.4, 0.5) is 0 Å². The summed E-state index contributed by atoms with van der Waals surface area (Å²) >= 11 is 0. The van der Waals surface area contributed by atoms with E-state index in [0.717, 1.165) is 25.8 Å². The number of hydrogen-bond acceptors (Lipinski definition) is 3. The molecule has 0 aromatic rings. The highest BCUT2D eigenvalue weighted by molar-refractivity contribution is 5.81. The Morgan fingerprint density at radius 1 is 1.35 bits per heavy atom. The van der Waals surface area contributed by atoms with E-state index in [1.165, 1.54) is 0 Å². The summed E-state index contributed by atoms with van der Waals surface area (Å²) in [5.41, 5.74) is 0. The summed E-state index contributed by atoms with van der Waals surface area (Å²) in [7, 11) is 0.